The van der Waals surface area contributed by atoms with Gasteiger partial charge in [0.05, 0.1) is 10.6 Å². The molecule has 0 spiro atoms. The summed E-state index contributed by atoms with van der Waals surface area (Å²) in [6.07, 6.45) is 0. The van der Waals surface area contributed by atoms with Crippen LogP contribution in [0.4, 0.5) is 11.4 Å². The van der Waals surface area contributed by atoms with E-state index >= 15 is 0 Å². The topological polar surface area (TPSA) is 84.8 Å². The number of hydrogen-bond donors (Lipinski definition) is 1. The molecule has 0 atom stereocenters. The fourth-order valence-electron chi connectivity index (χ4n) is 1.33. The van der Waals surface area contributed by atoms with Gasteiger partial charge in [0, 0.05) is 0 Å². The first-order valence-electron chi connectivity index (χ1n) is 5.30. The van der Waals surface area contributed by atoms with Gasteiger partial charge in [-0.2, -0.15) is 8.42 Å². The largest absolute Gasteiger partial charge is 0.317 e. The zero-order chi connectivity index (χ0) is 13.7. The van der Waals surface area contributed by atoms with E-state index in [1.807, 2.05) is 0 Å². The predicted octanol–water partition coefficient (Wildman–Crippen LogP) is 2.82. The highest BCUT2D eigenvalue weighted by molar-refractivity contribution is 7.86. The van der Waals surface area contributed by atoms with Crippen molar-refractivity contribution in [2.75, 3.05) is 5.48 Å². The molecule has 2 rings (SSSR count). The zero-order valence-electron chi connectivity index (χ0n) is 9.68. The van der Waals surface area contributed by atoms with Crippen molar-refractivity contribution >= 4 is 21.5 Å². The van der Waals surface area contributed by atoms with Crippen molar-refractivity contribution in [3.8, 4) is 0 Å². The Morgan fingerprint density at radius 3 is 2.16 bits per heavy atom. The summed E-state index contributed by atoms with van der Waals surface area (Å²) < 4.78 is 28.2. The number of benzene rings is 2. The minimum atomic E-state index is -3.87. The van der Waals surface area contributed by atoms with Gasteiger partial charge < -0.3 is 0 Å². The quantitative estimate of drug-likeness (QED) is 0.671. The van der Waals surface area contributed by atoms with Gasteiger partial charge in [0.25, 0.3) is 0 Å². The lowest BCUT2D eigenvalue weighted by Crippen LogP contribution is -2.11. The molecule has 0 heterocycles. The summed E-state index contributed by atoms with van der Waals surface area (Å²) in [5.74, 6) is 0. The van der Waals surface area contributed by atoms with Crippen molar-refractivity contribution < 1.29 is 12.7 Å². The van der Waals surface area contributed by atoms with Gasteiger partial charge in [-0.1, -0.05) is 18.2 Å². The first-order chi connectivity index (χ1) is 9.12. The maximum Gasteiger partial charge on any atom is 0.317 e. The molecule has 0 aliphatic heterocycles. The van der Waals surface area contributed by atoms with E-state index in [4.69, 9.17) is 0 Å². The summed E-state index contributed by atoms with van der Waals surface area (Å²) in [4.78, 5) is 10.3. The van der Waals surface area contributed by atoms with Crippen LogP contribution >= 0.6 is 0 Å². The molecule has 0 aromatic heterocycles. The summed E-state index contributed by atoms with van der Waals surface area (Å²) in [5.41, 5.74) is 2.95. The van der Waals surface area contributed by atoms with Crippen molar-refractivity contribution in [2.45, 2.75) is 4.90 Å². The number of nitrogens with zero attached hydrogens (tertiary/aromatic N) is 1. The molecule has 2 aromatic rings. The van der Waals surface area contributed by atoms with Gasteiger partial charge >= 0.3 is 10.1 Å². The Morgan fingerprint density at radius 2 is 1.58 bits per heavy atom. The summed E-state index contributed by atoms with van der Waals surface area (Å²) in [5, 5.41) is 2.73. The summed E-state index contributed by atoms with van der Waals surface area (Å²) in [6, 6.07) is 13.6. The van der Waals surface area contributed by atoms with E-state index in [0.717, 1.165) is 0 Å². The van der Waals surface area contributed by atoms with Crippen molar-refractivity contribution in [3.63, 3.8) is 0 Å². The lowest BCUT2D eigenvalue weighted by atomic mass is 10.3. The van der Waals surface area contributed by atoms with Gasteiger partial charge in [-0.05, 0) is 41.6 Å². The smallest absolute Gasteiger partial charge is 0.249 e. The van der Waals surface area contributed by atoms with Crippen molar-refractivity contribution in [2.24, 2.45) is 5.18 Å². The van der Waals surface area contributed by atoms with Crippen LogP contribution in [0.15, 0.2) is 64.7 Å². The molecule has 0 aliphatic rings. The molecular formula is C12H10N2O4S. The SMILES string of the molecule is O=Nc1ccc(NOS(=O)(=O)c2ccccc2)cc1. The van der Waals surface area contributed by atoms with Crippen LogP contribution in [0, 0.1) is 4.91 Å². The van der Waals surface area contributed by atoms with Crippen LogP contribution in [0.3, 0.4) is 0 Å². The fourth-order valence-corrected chi connectivity index (χ4v) is 2.12. The molecule has 2 aromatic carbocycles. The Bertz CT molecular complexity index is 654. The Labute approximate surface area is 110 Å². The first-order valence-corrected chi connectivity index (χ1v) is 6.70. The molecular weight excluding hydrogens is 268 g/mol. The van der Waals surface area contributed by atoms with Crippen molar-refractivity contribution in [1.82, 2.24) is 0 Å². The lowest BCUT2D eigenvalue weighted by Gasteiger charge is -2.07. The van der Waals surface area contributed by atoms with Crippen molar-refractivity contribution in [3.05, 3.63) is 59.5 Å². The number of nitrogens with one attached hydrogen (secondary N) is 1. The normalized spacial score (nSPS) is 10.9. The highest BCUT2D eigenvalue weighted by Crippen LogP contribution is 2.17. The van der Waals surface area contributed by atoms with Crippen LogP contribution in [-0.4, -0.2) is 8.42 Å². The second-order valence-electron chi connectivity index (χ2n) is 3.59. The van der Waals surface area contributed by atoms with E-state index in [1.54, 1.807) is 18.2 Å². The van der Waals surface area contributed by atoms with Gasteiger partial charge in [0.15, 0.2) is 0 Å². The number of hydrogen-bond acceptors (Lipinski definition) is 6. The highest BCUT2D eigenvalue weighted by Gasteiger charge is 2.14. The standard InChI is InChI=1S/C12H10N2O4S/c15-13-10-6-8-11(9-7-10)14-18-19(16,17)12-4-2-1-3-5-12/h1-9,14H. The minimum Gasteiger partial charge on any atom is -0.249 e. The van der Waals surface area contributed by atoms with Crippen LogP contribution in [0.5, 0.6) is 0 Å². The van der Waals surface area contributed by atoms with E-state index in [9.17, 15) is 13.3 Å². The molecule has 0 fully saturated rings. The molecule has 0 unspecified atom stereocenters. The average Bonchev–Trinajstić information content (AvgIpc) is 2.47. The molecule has 1 N–H and O–H groups in total. The van der Waals surface area contributed by atoms with Crippen molar-refractivity contribution in [1.29, 1.82) is 0 Å². The summed E-state index contributed by atoms with van der Waals surface area (Å²) >= 11 is 0. The van der Waals surface area contributed by atoms with Gasteiger partial charge in [0.2, 0.25) is 0 Å². The Balaban J connectivity index is 2.07. The van der Waals surface area contributed by atoms with Gasteiger partial charge in [-0.15, -0.1) is 9.19 Å². The molecule has 6 nitrogen and oxygen atoms in total. The van der Waals surface area contributed by atoms with Crippen LogP contribution in [-0.2, 0) is 14.4 Å². The zero-order valence-corrected chi connectivity index (χ0v) is 10.5. The molecule has 0 bridgehead atoms. The van der Waals surface area contributed by atoms with Crippen LogP contribution in [0.1, 0.15) is 0 Å². The molecule has 98 valence electrons. The lowest BCUT2D eigenvalue weighted by molar-refractivity contribution is 0.391. The van der Waals surface area contributed by atoms with E-state index in [-0.39, 0.29) is 10.6 Å². The minimum absolute atomic E-state index is 0.0497. The summed E-state index contributed by atoms with van der Waals surface area (Å²) in [7, 11) is -3.87. The van der Waals surface area contributed by atoms with Gasteiger partial charge in [-0.3, -0.25) is 0 Å². The molecule has 0 saturated heterocycles. The monoisotopic (exact) mass is 278 g/mol. The van der Waals surface area contributed by atoms with Crippen LogP contribution in [0.25, 0.3) is 0 Å². The molecule has 0 radical (unpaired) electrons. The third kappa shape index (κ3) is 3.36. The average molecular weight is 278 g/mol. The van der Waals surface area contributed by atoms with E-state index in [2.05, 4.69) is 14.9 Å². The Hall–Kier alpha value is -2.25. The van der Waals surface area contributed by atoms with Gasteiger partial charge in [0.1, 0.15) is 5.69 Å². The molecule has 19 heavy (non-hydrogen) atoms. The van der Waals surface area contributed by atoms with Gasteiger partial charge in [-0.25, -0.2) is 5.48 Å². The predicted molar refractivity (Wildman–Crippen MR) is 70.2 cm³/mol. The Morgan fingerprint density at radius 1 is 0.947 bits per heavy atom. The Kier molecular flexibility index (Phi) is 3.88. The molecule has 0 aliphatic carbocycles. The molecule has 0 amide bonds. The third-order valence-electron chi connectivity index (χ3n) is 2.27. The molecule has 7 heteroatoms. The van der Waals surface area contributed by atoms with E-state index in [0.29, 0.717) is 5.69 Å². The van der Waals surface area contributed by atoms with Crippen LogP contribution < -0.4 is 5.48 Å². The van der Waals surface area contributed by atoms with E-state index in [1.165, 1.54) is 36.4 Å². The maximum atomic E-state index is 11.8. The first kappa shape index (κ1) is 13.2. The fraction of sp³-hybridized carbons (Fsp3) is 0. The maximum absolute atomic E-state index is 11.8. The second-order valence-corrected chi connectivity index (χ2v) is 5.14. The molecule has 0 saturated carbocycles. The number of anilines is 1. The third-order valence-corrected chi connectivity index (χ3v) is 3.43. The van der Waals surface area contributed by atoms with E-state index < -0.39 is 10.1 Å². The summed E-state index contributed by atoms with van der Waals surface area (Å²) in [6.45, 7) is 0. The second kappa shape index (κ2) is 5.59. The number of nitroso groups, excluding NO2 is 1. The van der Waals surface area contributed by atoms with Crippen LogP contribution in [0.2, 0.25) is 0 Å². The highest BCUT2D eigenvalue weighted by atomic mass is 32.2. The number of rotatable bonds is 5.